The Bertz CT molecular complexity index is 299. The van der Waals surface area contributed by atoms with Crippen molar-refractivity contribution in [1.29, 1.82) is 0 Å². The molecule has 0 fully saturated rings. The summed E-state index contributed by atoms with van der Waals surface area (Å²) in [5.41, 5.74) is 4.27. The van der Waals surface area contributed by atoms with Gasteiger partial charge in [0.05, 0.1) is 11.1 Å². The lowest BCUT2D eigenvalue weighted by Crippen LogP contribution is -2.12. The van der Waals surface area contributed by atoms with Gasteiger partial charge in [0.25, 0.3) is 0 Å². The topological polar surface area (TPSA) is 51.8 Å². The molecule has 2 N–H and O–H groups in total. The van der Waals surface area contributed by atoms with E-state index in [1.165, 1.54) is 0 Å². The van der Waals surface area contributed by atoms with Gasteiger partial charge in [0, 0.05) is 0 Å². The number of halogens is 3. The Labute approximate surface area is 77.6 Å². The molecule has 1 heterocycles. The van der Waals surface area contributed by atoms with E-state index < -0.39 is 17.2 Å². The maximum absolute atomic E-state index is 12.1. The van der Waals surface area contributed by atoms with Crippen molar-refractivity contribution in [3.05, 3.63) is 23.8 Å². The van der Waals surface area contributed by atoms with Gasteiger partial charge in [-0.2, -0.15) is 25.8 Å². The second-order valence-corrected chi connectivity index (χ2v) is 2.83. The fraction of sp³-hybridized carbons (Fsp3) is 0.333. The fourth-order valence-corrected chi connectivity index (χ4v) is 0.830. The highest BCUT2D eigenvalue weighted by Gasteiger charge is 2.32. The highest BCUT2D eigenvalue weighted by atomic mass is 32.1. The first-order chi connectivity index (χ1) is 5.91. The molecule has 13 heavy (non-hydrogen) atoms. The average Bonchev–Trinajstić information content (AvgIpc) is 2.03. The summed E-state index contributed by atoms with van der Waals surface area (Å²) in [5.74, 6) is 0. The monoisotopic (exact) mass is 209 g/mol. The summed E-state index contributed by atoms with van der Waals surface area (Å²) in [6.07, 6.45) is -3.66. The lowest BCUT2D eigenvalue weighted by molar-refractivity contribution is -0.141. The van der Waals surface area contributed by atoms with Gasteiger partial charge in [0.15, 0.2) is 0 Å². The zero-order valence-electron chi connectivity index (χ0n) is 6.28. The molecule has 0 aromatic carbocycles. The third kappa shape index (κ3) is 2.56. The van der Waals surface area contributed by atoms with E-state index in [1.54, 1.807) is 0 Å². The smallest absolute Gasteiger partial charge is 0.315 e. The Morgan fingerprint density at radius 3 is 2.46 bits per heavy atom. The number of nitrogens with two attached hydrogens (primary N) is 1. The second kappa shape index (κ2) is 3.51. The van der Waals surface area contributed by atoms with Gasteiger partial charge in [-0.15, -0.1) is 0 Å². The minimum absolute atomic E-state index is 0.0469. The summed E-state index contributed by atoms with van der Waals surface area (Å²) in [4.78, 5) is 6.61. The van der Waals surface area contributed by atoms with Gasteiger partial charge in [-0.05, 0) is 6.07 Å². The van der Waals surface area contributed by atoms with E-state index in [1.807, 2.05) is 0 Å². The molecule has 1 aromatic rings. The van der Waals surface area contributed by atoms with Crippen molar-refractivity contribution in [2.45, 2.75) is 11.6 Å². The highest BCUT2D eigenvalue weighted by molar-refractivity contribution is 7.80. The summed E-state index contributed by atoms with van der Waals surface area (Å²) >= 11 is 3.75. The SMILES string of the molecule is NC(S)c1cc(C(F)(F)F)ncn1. The molecule has 1 atom stereocenters. The van der Waals surface area contributed by atoms with Gasteiger partial charge in [0.1, 0.15) is 12.0 Å². The highest BCUT2D eigenvalue weighted by Crippen LogP contribution is 2.28. The lowest BCUT2D eigenvalue weighted by Gasteiger charge is -2.07. The van der Waals surface area contributed by atoms with E-state index in [2.05, 4.69) is 22.6 Å². The molecule has 0 amide bonds. The number of alkyl halides is 3. The molecule has 3 nitrogen and oxygen atoms in total. The van der Waals surface area contributed by atoms with Crippen LogP contribution in [0.1, 0.15) is 16.8 Å². The number of aromatic nitrogens is 2. The Hall–Kier alpha value is -0.820. The van der Waals surface area contributed by atoms with Crippen LogP contribution in [0.15, 0.2) is 12.4 Å². The van der Waals surface area contributed by atoms with Crippen LogP contribution in [0.4, 0.5) is 13.2 Å². The molecule has 72 valence electrons. The number of rotatable bonds is 1. The number of hydrogen-bond acceptors (Lipinski definition) is 4. The van der Waals surface area contributed by atoms with E-state index in [0.29, 0.717) is 0 Å². The molecule has 0 bridgehead atoms. The normalized spacial score (nSPS) is 14.2. The van der Waals surface area contributed by atoms with Crippen LogP contribution >= 0.6 is 12.6 Å². The van der Waals surface area contributed by atoms with Crippen LogP contribution in [0.5, 0.6) is 0 Å². The molecule has 0 aliphatic heterocycles. The van der Waals surface area contributed by atoms with Gasteiger partial charge >= 0.3 is 6.18 Å². The average molecular weight is 209 g/mol. The number of nitrogens with zero attached hydrogens (tertiary/aromatic N) is 2. The molecule has 0 saturated carbocycles. The minimum Gasteiger partial charge on any atom is -0.315 e. The molecule has 0 radical (unpaired) electrons. The predicted octanol–water partition coefficient (Wildman–Crippen LogP) is 1.38. The Kier molecular flexibility index (Phi) is 2.77. The quantitative estimate of drug-likeness (QED) is 0.542. The van der Waals surface area contributed by atoms with E-state index in [0.717, 1.165) is 12.4 Å². The maximum Gasteiger partial charge on any atom is 0.433 e. The molecule has 7 heteroatoms. The summed E-state index contributed by atoms with van der Waals surface area (Å²) in [5, 5.41) is -0.830. The molecule has 0 aliphatic rings. The second-order valence-electron chi connectivity index (χ2n) is 2.27. The molecule has 1 aromatic heterocycles. The minimum atomic E-state index is -4.47. The third-order valence-electron chi connectivity index (χ3n) is 1.28. The Morgan fingerprint density at radius 2 is 2.00 bits per heavy atom. The van der Waals surface area contributed by atoms with Gasteiger partial charge < -0.3 is 5.73 Å². The molecule has 0 saturated heterocycles. The maximum atomic E-state index is 12.1. The van der Waals surface area contributed by atoms with Crippen molar-refractivity contribution in [3.8, 4) is 0 Å². The number of thiol groups is 1. The van der Waals surface area contributed by atoms with E-state index in [4.69, 9.17) is 5.73 Å². The van der Waals surface area contributed by atoms with Crippen molar-refractivity contribution in [2.75, 3.05) is 0 Å². The summed E-state index contributed by atoms with van der Waals surface area (Å²) in [6.45, 7) is 0. The largest absolute Gasteiger partial charge is 0.433 e. The zero-order chi connectivity index (χ0) is 10.1. The lowest BCUT2D eigenvalue weighted by atomic mass is 10.3. The first kappa shape index (κ1) is 10.3. The zero-order valence-corrected chi connectivity index (χ0v) is 7.18. The molecule has 1 unspecified atom stereocenters. The van der Waals surface area contributed by atoms with Gasteiger partial charge in [-0.3, -0.25) is 0 Å². The van der Waals surface area contributed by atoms with Gasteiger partial charge in [-0.25, -0.2) is 9.97 Å². The van der Waals surface area contributed by atoms with Crippen molar-refractivity contribution in [1.82, 2.24) is 9.97 Å². The predicted molar refractivity (Wildman–Crippen MR) is 42.9 cm³/mol. The van der Waals surface area contributed by atoms with Crippen molar-refractivity contribution < 1.29 is 13.2 Å². The van der Waals surface area contributed by atoms with Crippen LogP contribution in [0.25, 0.3) is 0 Å². The third-order valence-corrected chi connectivity index (χ3v) is 1.55. The Morgan fingerprint density at radius 1 is 1.38 bits per heavy atom. The van der Waals surface area contributed by atoms with Gasteiger partial charge in [0.2, 0.25) is 0 Å². The summed E-state index contributed by atoms with van der Waals surface area (Å²) in [7, 11) is 0. The molecular weight excluding hydrogens is 203 g/mol. The van der Waals surface area contributed by atoms with Crippen molar-refractivity contribution in [2.24, 2.45) is 5.73 Å². The number of hydrogen-bond donors (Lipinski definition) is 2. The molecular formula is C6H6F3N3S. The van der Waals surface area contributed by atoms with Gasteiger partial charge in [-0.1, -0.05) is 0 Å². The van der Waals surface area contributed by atoms with Crippen LogP contribution in [0.3, 0.4) is 0 Å². The molecule has 0 spiro atoms. The summed E-state index contributed by atoms with van der Waals surface area (Å²) < 4.78 is 36.2. The van der Waals surface area contributed by atoms with E-state index >= 15 is 0 Å². The van der Waals surface area contributed by atoms with E-state index in [9.17, 15) is 13.2 Å². The van der Waals surface area contributed by atoms with Crippen LogP contribution in [0, 0.1) is 0 Å². The van der Waals surface area contributed by atoms with Crippen molar-refractivity contribution >= 4 is 12.6 Å². The van der Waals surface area contributed by atoms with Crippen LogP contribution in [-0.4, -0.2) is 9.97 Å². The first-order valence-corrected chi connectivity index (χ1v) is 3.75. The van der Waals surface area contributed by atoms with Crippen LogP contribution in [0.2, 0.25) is 0 Å². The van der Waals surface area contributed by atoms with Crippen molar-refractivity contribution in [3.63, 3.8) is 0 Å². The fourth-order valence-electron chi connectivity index (χ4n) is 0.689. The summed E-state index contributed by atoms with van der Waals surface area (Å²) in [6, 6.07) is 0.775. The van der Waals surface area contributed by atoms with Crippen LogP contribution in [-0.2, 0) is 6.18 Å². The first-order valence-electron chi connectivity index (χ1n) is 3.24. The molecule has 0 aliphatic carbocycles. The van der Waals surface area contributed by atoms with E-state index in [-0.39, 0.29) is 5.69 Å². The van der Waals surface area contributed by atoms with Crippen LogP contribution < -0.4 is 5.73 Å². The Balaban J connectivity index is 3.06. The molecule has 1 rings (SSSR count). The standard InChI is InChI=1S/C6H6F3N3S/c7-6(8,9)4-1-3(5(10)13)11-2-12-4/h1-2,5,13H,10H2.